The van der Waals surface area contributed by atoms with Gasteiger partial charge in [0.15, 0.2) is 6.61 Å². The first-order valence-corrected chi connectivity index (χ1v) is 5.14. The molecule has 1 aromatic carbocycles. The van der Waals surface area contributed by atoms with Gasteiger partial charge in [-0.25, -0.2) is 9.59 Å². The zero-order valence-corrected chi connectivity index (χ0v) is 10.1. The van der Waals surface area contributed by atoms with Crippen molar-refractivity contribution >= 4 is 23.6 Å². The molecular formula is C11H13N3O5. The summed E-state index contributed by atoms with van der Waals surface area (Å²) < 4.78 is 9.66. The molecule has 0 aromatic heterocycles. The summed E-state index contributed by atoms with van der Waals surface area (Å²) in [7, 11) is 1.21. The zero-order chi connectivity index (χ0) is 14.4. The first-order valence-electron chi connectivity index (χ1n) is 5.14. The number of hydrogen-bond acceptors (Lipinski definition) is 6. The van der Waals surface area contributed by atoms with Gasteiger partial charge >= 0.3 is 12.0 Å². The molecule has 8 nitrogen and oxygen atoms in total. The van der Waals surface area contributed by atoms with E-state index in [9.17, 15) is 14.4 Å². The fourth-order valence-corrected chi connectivity index (χ4v) is 1.25. The number of rotatable bonds is 4. The SMILES string of the molecule is COC(=O)c1ccc(N)cc1OCC(=O)NC(N)=O. The van der Waals surface area contributed by atoms with Crippen LogP contribution in [0.15, 0.2) is 18.2 Å². The number of primary amides is 1. The molecule has 0 bridgehead atoms. The number of methoxy groups -OCH3 is 1. The van der Waals surface area contributed by atoms with E-state index in [0.717, 1.165) is 0 Å². The maximum absolute atomic E-state index is 11.5. The van der Waals surface area contributed by atoms with Crippen LogP contribution in [-0.4, -0.2) is 31.6 Å². The third-order valence-corrected chi connectivity index (χ3v) is 2.03. The number of hydrogen-bond donors (Lipinski definition) is 3. The Kier molecular flexibility index (Phi) is 4.69. The topological polar surface area (TPSA) is 134 Å². The molecule has 8 heteroatoms. The quantitative estimate of drug-likeness (QED) is 0.503. The normalized spacial score (nSPS) is 9.53. The summed E-state index contributed by atoms with van der Waals surface area (Å²) in [4.78, 5) is 33.1. The third kappa shape index (κ3) is 4.19. The van der Waals surface area contributed by atoms with Crippen LogP contribution in [0.4, 0.5) is 10.5 Å². The molecule has 5 N–H and O–H groups in total. The number of carbonyl (C=O) groups excluding carboxylic acids is 3. The van der Waals surface area contributed by atoms with Crippen LogP contribution in [0, 0.1) is 0 Å². The summed E-state index contributed by atoms with van der Waals surface area (Å²) in [5, 5.41) is 1.82. The summed E-state index contributed by atoms with van der Waals surface area (Å²) in [6, 6.07) is 3.27. The average molecular weight is 267 g/mol. The molecule has 102 valence electrons. The molecule has 1 aromatic rings. The van der Waals surface area contributed by atoms with Gasteiger partial charge in [-0.3, -0.25) is 10.1 Å². The van der Waals surface area contributed by atoms with Crippen LogP contribution >= 0.6 is 0 Å². The number of urea groups is 1. The predicted octanol–water partition coefficient (Wildman–Crippen LogP) is -0.371. The number of anilines is 1. The Labute approximate surface area is 108 Å². The summed E-state index contributed by atoms with van der Waals surface area (Å²) in [5.41, 5.74) is 10.8. The molecule has 0 radical (unpaired) electrons. The van der Waals surface area contributed by atoms with E-state index in [1.54, 1.807) is 0 Å². The molecular weight excluding hydrogens is 254 g/mol. The molecule has 1 rings (SSSR count). The Morgan fingerprint density at radius 2 is 2.00 bits per heavy atom. The largest absolute Gasteiger partial charge is 0.483 e. The van der Waals surface area contributed by atoms with Crippen LogP contribution in [0.1, 0.15) is 10.4 Å². The van der Waals surface area contributed by atoms with Crippen molar-refractivity contribution in [3.8, 4) is 5.75 Å². The van der Waals surface area contributed by atoms with Gasteiger partial charge in [-0.1, -0.05) is 0 Å². The number of nitrogen functional groups attached to an aromatic ring is 1. The van der Waals surface area contributed by atoms with Gasteiger partial charge in [0.1, 0.15) is 11.3 Å². The van der Waals surface area contributed by atoms with E-state index in [4.69, 9.17) is 16.2 Å². The molecule has 0 saturated carbocycles. The number of carbonyl (C=O) groups is 3. The van der Waals surface area contributed by atoms with Gasteiger partial charge in [0, 0.05) is 11.8 Å². The molecule has 0 fully saturated rings. The maximum Gasteiger partial charge on any atom is 0.341 e. The summed E-state index contributed by atoms with van der Waals surface area (Å²) in [6.07, 6.45) is 0. The minimum atomic E-state index is -0.991. The zero-order valence-electron chi connectivity index (χ0n) is 10.1. The fourth-order valence-electron chi connectivity index (χ4n) is 1.25. The third-order valence-electron chi connectivity index (χ3n) is 2.03. The van der Waals surface area contributed by atoms with Crippen molar-refractivity contribution in [1.29, 1.82) is 0 Å². The molecule has 0 saturated heterocycles. The van der Waals surface area contributed by atoms with Gasteiger partial charge in [-0.2, -0.15) is 0 Å². The highest BCUT2D eigenvalue weighted by molar-refractivity contribution is 5.95. The minimum Gasteiger partial charge on any atom is -0.483 e. The van der Waals surface area contributed by atoms with Crippen molar-refractivity contribution in [3.63, 3.8) is 0 Å². The summed E-state index contributed by atoms with van der Waals surface area (Å²) >= 11 is 0. The van der Waals surface area contributed by atoms with Crippen molar-refractivity contribution in [1.82, 2.24) is 5.32 Å². The van der Waals surface area contributed by atoms with Crippen LogP contribution in [0.5, 0.6) is 5.75 Å². The first kappa shape index (κ1) is 14.3. The number of imide groups is 1. The molecule has 0 atom stereocenters. The lowest BCUT2D eigenvalue weighted by Crippen LogP contribution is -2.38. The van der Waals surface area contributed by atoms with Crippen molar-refractivity contribution in [2.24, 2.45) is 5.73 Å². The Morgan fingerprint density at radius 3 is 2.58 bits per heavy atom. The number of ether oxygens (including phenoxy) is 2. The monoisotopic (exact) mass is 267 g/mol. The summed E-state index contributed by atoms with van der Waals surface area (Å²) in [6.45, 7) is -0.490. The van der Waals surface area contributed by atoms with E-state index in [0.29, 0.717) is 5.69 Å². The van der Waals surface area contributed by atoms with Crippen LogP contribution in [0.2, 0.25) is 0 Å². The lowest BCUT2D eigenvalue weighted by molar-refractivity contribution is -0.121. The molecule has 0 spiro atoms. The number of esters is 1. The molecule has 0 aliphatic rings. The van der Waals surface area contributed by atoms with Crippen LogP contribution in [-0.2, 0) is 9.53 Å². The van der Waals surface area contributed by atoms with Gasteiger partial charge < -0.3 is 20.9 Å². The van der Waals surface area contributed by atoms with E-state index < -0.39 is 24.5 Å². The Hall–Kier alpha value is -2.77. The minimum absolute atomic E-state index is 0.0754. The Morgan fingerprint density at radius 1 is 1.32 bits per heavy atom. The summed E-state index contributed by atoms with van der Waals surface area (Å²) in [5.74, 6) is -1.30. The second-order valence-electron chi connectivity index (χ2n) is 3.45. The number of benzene rings is 1. The Bertz CT molecular complexity index is 515. The van der Waals surface area contributed by atoms with E-state index in [2.05, 4.69) is 4.74 Å². The van der Waals surface area contributed by atoms with Crippen LogP contribution in [0.3, 0.4) is 0 Å². The van der Waals surface area contributed by atoms with E-state index in [1.807, 2.05) is 5.32 Å². The lowest BCUT2D eigenvalue weighted by Gasteiger charge is -2.10. The van der Waals surface area contributed by atoms with Gasteiger partial charge in [-0.15, -0.1) is 0 Å². The lowest BCUT2D eigenvalue weighted by atomic mass is 10.2. The highest BCUT2D eigenvalue weighted by atomic mass is 16.5. The van der Waals surface area contributed by atoms with E-state index in [1.165, 1.54) is 25.3 Å². The second-order valence-corrected chi connectivity index (χ2v) is 3.45. The van der Waals surface area contributed by atoms with Crippen molar-refractivity contribution in [3.05, 3.63) is 23.8 Å². The highest BCUT2D eigenvalue weighted by Gasteiger charge is 2.15. The number of nitrogens with one attached hydrogen (secondary N) is 1. The molecule has 0 aliphatic carbocycles. The standard InChI is InChI=1S/C11H13N3O5/c1-18-10(16)7-3-2-6(12)4-8(7)19-5-9(15)14-11(13)17/h2-4H,5,12H2,1H3,(H3,13,14,15,17). The van der Waals surface area contributed by atoms with Crippen LogP contribution in [0.25, 0.3) is 0 Å². The van der Waals surface area contributed by atoms with Crippen LogP contribution < -0.4 is 21.5 Å². The highest BCUT2D eigenvalue weighted by Crippen LogP contribution is 2.22. The Balaban J connectivity index is 2.81. The fraction of sp³-hybridized carbons (Fsp3) is 0.182. The smallest absolute Gasteiger partial charge is 0.341 e. The molecule has 0 heterocycles. The maximum atomic E-state index is 11.5. The van der Waals surface area contributed by atoms with Gasteiger partial charge in [-0.05, 0) is 12.1 Å². The van der Waals surface area contributed by atoms with Crippen molar-refractivity contribution < 1.29 is 23.9 Å². The van der Waals surface area contributed by atoms with Gasteiger partial charge in [0.2, 0.25) is 0 Å². The molecule has 3 amide bonds. The number of amides is 3. The van der Waals surface area contributed by atoms with E-state index >= 15 is 0 Å². The van der Waals surface area contributed by atoms with Gasteiger partial charge in [0.05, 0.1) is 7.11 Å². The van der Waals surface area contributed by atoms with E-state index in [-0.39, 0.29) is 11.3 Å². The van der Waals surface area contributed by atoms with Crippen molar-refractivity contribution in [2.45, 2.75) is 0 Å². The predicted molar refractivity (Wildman–Crippen MR) is 65.4 cm³/mol. The second kappa shape index (κ2) is 6.24. The first-order chi connectivity index (χ1) is 8.93. The molecule has 0 unspecified atom stereocenters. The van der Waals surface area contributed by atoms with Crippen molar-refractivity contribution in [2.75, 3.05) is 19.5 Å². The molecule has 19 heavy (non-hydrogen) atoms. The average Bonchev–Trinajstić information content (AvgIpc) is 2.34. The molecule has 0 aliphatic heterocycles. The van der Waals surface area contributed by atoms with Gasteiger partial charge in [0.25, 0.3) is 5.91 Å². The number of nitrogens with two attached hydrogens (primary N) is 2.